The number of nitrogens with one attached hydrogen (secondary N) is 1. The van der Waals surface area contributed by atoms with Crippen LogP contribution >= 0.6 is 0 Å². The summed E-state index contributed by atoms with van der Waals surface area (Å²) in [6, 6.07) is 12.0. The molecule has 115 valence electrons. The zero-order valence-corrected chi connectivity index (χ0v) is 14.0. The first kappa shape index (κ1) is 16.2. The van der Waals surface area contributed by atoms with Gasteiger partial charge in [0.1, 0.15) is 7.85 Å². The van der Waals surface area contributed by atoms with Gasteiger partial charge in [-0.15, -0.1) is 0 Å². The number of benzene rings is 2. The summed E-state index contributed by atoms with van der Waals surface area (Å²) in [6.07, 6.45) is 0. The van der Waals surface area contributed by atoms with Gasteiger partial charge < -0.3 is 14.7 Å². The zero-order valence-electron chi connectivity index (χ0n) is 14.0. The zero-order chi connectivity index (χ0) is 16.8. The van der Waals surface area contributed by atoms with E-state index in [4.69, 9.17) is 12.5 Å². The number of aromatic amines is 1. The monoisotopic (exact) mass is 304 g/mol. The molecule has 0 saturated heterocycles. The van der Waals surface area contributed by atoms with Crippen LogP contribution in [0.15, 0.2) is 36.4 Å². The van der Waals surface area contributed by atoms with Crippen LogP contribution in [0.1, 0.15) is 27.7 Å². The molecular formula is C18H20B2NO2. The maximum atomic E-state index is 10.2. The van der Waals surface area contributed by atoms with E-state index in [9.17, 15) is 5.11 Å². The summed E-state index contributed by atoms with van der Waals surface area (Å²) in [7, 11) is 7.53. The van der Waals surface area contributed by atoms with Crippen LogP contribution in [0.4, 0.5) is 0 Å². The number of hydrogen-bond acceptors (Lipinski definition) is 2. The largest absolute Gasteiger partial charge is 0.427 e. The fourth-order valence-electron chi connectivity index (χ4n) is 2.38. The first-order chi connectivity index (χ1) is 10.7. The summed E-state index contributed by atoms with van der Waals surface area (Å²) in [4.78, 5) is 3.38. The number of H-pyrrole nitrogens is 1. The van der Waals surface area contributed by atoms with Crippen LogP contribution in [0, 0.1) is 0 Å². The molecule has 23 heavy (non-hydrogen) atoms. The molecule has 0 aliphatic heterocycles. The van der Waals surface area contributed by atoms with Gasteiger partial charge in [0, 0.05) is 21.8 Å². The fraction of sp³-hybridized carbons (Fsp3) is 0.333. The summed E-state index contributed by atoms with van der Waals surface area (Å²) in [5, 5.41) is 12.5. The average molecular weight is 304 g/mol. The van der Waals surface area contributed by atoms with E-state index in [1.165, 1.54) is 0 Å². The van der Waals surface area contributed by atoms with Crippen molar-refractivity contribution in [3.8, 4) is 0 Å². The molecule has 0 spiro atoms. The Hall–Kier alpha value is -1.71. The van der Waals surface area contributed by atoms with Crippen molar-refractivity contribution in [3.63, 3.8) is 0 Å². The average Bonchev–Trinajstić information content (AvgIpc) is 2.80. The van der Waals surface area contributed by atoms with Gasteiger partial charge in [0.25, 0.3) is 0 Å². The molecule has 3 radical (unpaired) electrons. The lowest BCUT2D eigenvalue weighted by Crippen LogP contribution is -2.49. The molecule has 0 fully saturated rings. The predicted octanol–water partition coefficient (Wildman–Crippen LogP) is 1.93. The van der Waals surface area contributed by atoms with Crippen LogP contribution < -0.4 is 10.9 Å². The second-order valence-electron chi connectivity index (χ2n) is 7.04. The molecule has 0 saturated carbocycles. The molecule has 1 heterocycles. The minimum absolute atomic E-state index is 0.684. The van der Waals surface area contributed by atoms with Gasteiger partial charge in [-0.2, -0.15) is 0 Å². The predicted molar refractivity (Wildman–Crippen MR) is 98.0 cm³/mol. The summed E-state index contributed by atoms with van der Waals surface area (Å²) < 4.78 is 5.81. The van der Waals surface area contributed by atoms with Gasteiger partial charge in [0.2, 0.25) is 0 Å². The van der Waals surface area contributed by atoms with E-state index in [0.29, 0.717) is 0 Å². The van der Waals surface area contributed by atoms with Crippen LogP contribution in [-0.4, -0.2) is 36.6 Å². The van der Waals surface area contributed by atoms with Gasteiger partial charge in [0.05, 0.1) is 11.2 Å². The molecule has 0 atom stereocenters. The van der Waals surface area contributed by atoms with Crippen LogP contribution in [-0.2, 0) is 4.65 Å². The van der Waals surface area contributed by atoms with Crippen LogP contribution in [0.25, 0.3) is 21.8 Å². The summed E-state index contributed by atoms with van der Waals surface area (Å²) in [5.74, 6) is 0. The highest BCUT2D eigenvalue weighted by molar-refractivity contribution is 6.47. The molecule has 2 aromatic carbocycles. The normalized spacial score (nSPS) is 12.9. The topological polar surface area (TPSA) is 45.2 Å². The lowest BCUT2D eigenvalue weighted by atomic mass is 9.82. The molecule has 0 aliphatic carbocycles. The smallest absolute Gasteiger partial charge is 0.330 e. The van der Waals surface area contributed by atoms with Gasteiger partial charge in [0.15, 0.2) is 0 Å². The van der Waals surface area contributed by atoms with Crippen LogP contribution in [0.5, 0.6) is 0 Å². The van der Waals surface area contributed by atoms with Crippen molar-refractivity contribution in [2.24, 2.45) is 0 Å². The highest BCUT2D eigenvalue weighted by atomic mass is 16.5. The van der Waals surface area contributed by atoms with Gasteiger partial charge in [-0.1, -0.05) is 35.2 Å². The Morgan fingerprint density at radius 3 is 2.26 bits per heavy atom. The molecular weight excluding hydrogens is 284 g/mol. The fourth-order valence-corrected chi connectivity index (χ4v) is 2.38. The van der Waals surface area contributed by atoms with Gasteiger partial charge in [-0.05, 0) is 39.8 Å². The van der Waals surface area contributed by atoms with E-state index in [1.54, 1.807) is 21.3 Å². The van der Waals surface area contributed by atoms with Gasteiger partial charge in [-0.25, -0.2) is 0 Å². The highest BCUT2D eigenvalue weighted by Crippen LogP contribution is 2.25. The molecule has 3 aromatic rings. The second-order valence-corrected chi connectivity index (χ2v) is 7.04. The number of rotatable bonds is 4. The standard InChI is InChI=1S/C18H20B2NO2/c1-17(2,22)18(3,4)23-20-12-6-8-14-13-7-5-11(19)9-15(13)21-16(14)10-12/h5-10,21-22H,1-4H3. The van der Waals surface area contributed by atoms with E-state index in [2.05, 4.69) is 11.1 Å². The van der Waals surface area contributed by atoms with E-state index >= 15 is 0 Å². The van der Waals surface area contributed by atoms with E-state index < -0.39 is 11.2 Å². The van der Waals surface area contributed by atoms with Crippen molar-refractivity contribution in [2.45, 2.75) is 38.9 Å². The van der Waals surface area contributed by atoms with Crippen molar-refractivity contribution in [3.05, 3.63) is 36.4 Å². The molecule has 0 aliphatic rings. The molecule has 2 N–H and O–H groups in total. The maximum Gasteiger partial charge on any atom is 0.330 e. The van der Waals surface area contributed by atoms with Crippen molar-refractivity contribution in [1.82, 2.24) is 4.98 Å². The molecule has 0 amide bonds. The molecule has 5 heteroatoms. The Balaban J connectivity index is 1.90. The third kappa shape index (κ3) is 3.04. The van der Waals surface area contributed by atoms with Crippen LogP contribution in [0.2, 0.25) is 0 Å². The molecule has 0 bridgehead atoms. The molecule has 3 rings (SSSR count). The van der Waals surface area contributed by atoms with Crippen LogP contribution in [0.3, 0.4) is 0 Å². The Bertz CT molecular complexity index is 862. The van der Waals surface area contributed by atoms with Crippen molar-refractivity contribution in [1.29, 1.82) is 0 Å². The minimum Gasteiger partial charge on any atom is -0.427 e. The van der Waals surface area contributed by atoms with E-state index in [-0.39, 0.29) is 0 Å². The lowest BCUT2D eigenvalue weighted by molar-refractivity contribution is -0.0893. The first-order valence-electron chi connectivity index (χ1n) is 7.72. The third-order valence-corrected chi connectivity index (χ3v) is 4.61. The number of hydrogen-bond donors (Lipinski definition) is 2. The Kier molecular flexibility index (Phi) is 3.81. The third-order valence-electron chi connectivity index (χ3n) is 4.61. The number of aromatic nitrogens is 1. The lowest BCUT2D eigenvalue weighted by Gasteiger charge is -2.37. The highest BCUT2D eigenvalue weighted by Gasteiger charge is 2.35. The SMILES string of the molecule is [B]c1ccc2c(c1)[nH]c1cc([B]OC(C)(C)C(C)(C)O)ccc12. The van der Waals surface area contributed by atoms with E-state index in [1.807, 2.05) is 44.2 Å². The Labute approximate surface area is 138 Å². The molecule has 1 aromatic heterocycles. The van der Waals surface area contributed by atoms with Gasteiger partial charge >= 0.3 is 7.48 Å². The Morgan fingerprint density at radius 1 is 1.00 bits per heavy atom. The number of fused-ring (bicyclic) bond motifs is 3. The molecule has 3 nitrogen and oxygen atoms in total. The number of aliphatic hydroxyl groups is 1. The summed E-state index contributed by atoms with van der Waals surface area (Å²) >= 11 is 0. The van der Waals surface area contributed by atoms with Crippen molar-refractivity contribution < 1.29 is 9.76 Å². The first-order valence-corrected chi connectivity index (χ1v) is 7.72. The second kappa shape index (κ2) is 5.43. The van der Waals surface area contributed by atoms with Crippen molar-refractivity contribution >= 4 is 48.1 Å². The minimum atomic E-state index is -0.938. The van der Waals surface area contributed by atoms with Gasteiger partial charge in [-0.3, -0.25) is 0 Å². The summed E-state index contributed by atoms with van der Waals surface area (Å²) in [6.45, 7) is 7.22. The van der Waals surface area contributed by atoms with Crippen molar-refractivity contribution in [2.75, 3.05) is 0 Å². The molecule has 0 unspecified atom stereocenters. The maximum absolute atomic E-state index is 10.2. The van der Waals surface area contributed by atoms with E-state index in [0.717, 1.165) is 32.7 Å². The quantitative estimate of drug-likeness (QED) is 0.723. The Morgan fingerprint density at radius 2 is 1.61 bits per heavy atom. The summed E-state index contributed by atoms with van der Waals surface area (Å²) in [5.41, 5.74) is 2.11.